The van der Waals surface area contributed by atoms with Gasteiger partial charge in [0, 0.05) is 17.0 Å². The van der Waals surface area contributed by atoms with Crippen LogP contribution in [0.15, 0.2) is 33.5 Å². The average Bonchev–Trinajstić information content (AvgIpc) is 2.49. The number of carbonyl (C=O) groups excluding carboxylic acids is 1. The molecule has 5 heteroatoms. The maximum atomic E-state index is 12.3. The van der Waals surface area contributed by atoms with Crippen LogP contribution in [0.1, 0.15) is 49.4 Å². The van der Waals surface area contributed by atoms with Gasteiger partial charge in [0.2, 0.25) is 0 Å². The molecule has 0 radical (unpaired) electrons. The fourth-order valence-corrected chi connectivity index (χ4v) is 2.28. The molecule has 1 heterocycles. The van der Waals surface area contributed by atoms with Crippen molar-refractivity contribution in [3.63, 3.8) is 0 Å². The van der Waals surface area contributed by atoms with Gasteiger partial charge in [0.1, 0.15) is 22.8 Å². The van der Waals surface area contributed by atoms with Crippen LogP contribution >= 0.6 is 0 Å². The number of benzene rings is 1. The van der Waals surface area contributed by atoms with Gasteiger partial charge in [0.25, 0.3) is 0 Å². The van der Waals surface area contributed by atoms with Gasteiger partial charge >= 0.3 is 5.97 Å². The Bertz CT molecular complexity index is 825. The first kappa shape index (κ1) is 17.8. The van der Waals surface area contributed by atoms with Crippen molar-refractivity contribution in [1.82, 2.24) is 0 Å². The fourth-order valence-electron chi connectivity index (χ4n) is 2.28. The van der Waals surface area contributed by atoms with Crippen LogP contribution in [0.3, 0.4) is 0 Å². The summed E-state index contributed by atoms with van der Waals surface area (Å²) >= 11 is 0. The van der Waals surface area contributed by atoms with Gasteiger partial charge in [-0.05, 0) is 26.0 Å². The van der Waals surface area contributed by atoms with Crippen LogP contribution in [-0.4, -0.2) is 17.7 Å². The molecule has 5 nitrogen and oxygen atoms in total. The summed E-state index contributed by atoms with van der Waals surface area (Å²) in [6.07, 6.45) is 0. The Morgan fingerprint density at radius 2 is 1.96 bits per heavy atom. The van der Waals surface area contributed by atoms with Gasteiger partial charge < -0.3 is 14.3 Å². The predicted molar refractivity (Wildman–Crippen MR) is 91.5 cm³/mol. The maximum absolute atomic E-state index is 12.3. The molecule has 128 valence electrons. The Balaban J connectivity index is 2.69. The first-order valence-electron chi connectivity index (χ1n) is 7.81. The molecule has 0 spiro atoms. The molecule has 1 aromatic carbocycles. The molecule has 0 aliphatic carbocycles. The molecule has 2 aromatic rings. The highest BCUT2D eigenvalue weighted by molar-refractivity contribution is 5.95. The van der Waals surface area contributed by atoms with Crippen LogP contribution in [0.2, 0.25) is 0 Å². The van der Waals surface area contributed by atoms with Crippen molar-refractivity contribution < 1.29 is 19.1 Å². The zero-order chi connectivity index (χ0) is 18.1. The van der Waals surface area contributed by atoms with Crippen LogP contribution in [0.4, 0.5) is 0 Å². The highest BCUT2D eigenvalue weighted by Crippen LogP contribution is 2.35. The highest BCUT2D eigenvalue weighted by Gasteiger charge is 2.23. The van der Waals surface area contributed by atoms with Gasteiger partial charge in [0.05, 0.1) is 12.2 Å². The van der Waals surface area contributed by atoms with Crippen molar-refractivity contribution in [2.24, 2.45) is 0 Å². The molecule has 0 aliphatic heterocycles. The molecule has 1 aromatic heterocycles. The van der Waals surface area contributed by atoms with Gasteiger partial charge in [-0.15, -0.1) is 0 Å². The number of carbonyl (C=O) groups is 1. The molecule has 24 heavy (non-hydrogen) atoms. The maximum Gasteiger partial charge on any atom is 0.341 e. The summed E-state index contributed by atoms with van der Waals surface area (Å²) in [5, 5.41) is 10.5. The normalized spacial score (nSPS) is 11.4. The summed E-state index contributed by atoms with van der Waals surface area (Å²) in [6, 6.07) is 6.16. The van der Waals surface area contributed by atoms with Crippen LogP contribution in [0.25, 0.3) is 11.3 Å². The van der Waals surface area contributed by atoms with Gasteiger partial charge in [-0.2, -0.15) is 0 Å². The standard InChI is InChI=1S/C19H22O5/c1-6-23-18(22)13-9-7-8-12(16(13)21)17-11(2)14(20)10-15(24-17)19(3,4)5/h7-10,21H,6H2,1-5H3. The van der Waals surface area contributed by atoms with Gasteiger partial charge in [-0.25, -0.2) is 4.79 Å². The van der Waals surface area contributed by atoms with Crippen molar-refractivity contribution in [2.75, 3.05) is 6.61 Å². The van der Waals surface area contributed by atoms with Crippen LogP contribution in [-0.2, 0) is 10.2 Å². The van der Waals surface area contributed by atoms with Crippen molar-refractivity contribution >= 4 is 5.97 Å². The summed E-state index contributed by atoms with van der Waals surface area (Å²) < 4.78 is 10.8. The predicted octanol–water partition coefficient (Wildman–Crippen LogP) is 3.80. The highest BCUT2D eigenvalue weighted by atomic mass is 16.5. The van der Waals surface area contributed by atoms with E-state index in [-0.39, 0.29) is 34.5 Å². The first-order chi connectivity index (χ1) is 11.2. The second kappa shape index (κ2) is 6.51. The molecule has 0 aliphatic rings. The molecule has 0 amide bonds. The monoisotopic (exact) mass is 330 g/mol. The second-order valence-corrected chi connectivity index (χ2v) is 6.60. The number of rotatable bonds is 3. The lowest BCUT2D eigenvalue weighted by atomic mass is 9.92. The second-order valence-electron chi connectivity index (χ2n) is 6.60. The van der Waals surface area contributed by atoms with Crippen LogP contribution in [0.5, 0.6) is 5.75 Å². The van der Waals surface area contributed by atoms with Crippen molar-refractivity contribution in [1.29, 1.82) is 0 Å². The van der Waals surface area contributed by atoms with Gasteiger partial charge in [-0.3, -0.25) is 4.79 Å². The van der Waals surface area contributed by atoms with E-state index in [2.05, 4.69) is 0 Å². The van der Waals surface area contributed by atoms with E-state index >= 15 is 0 Å². The van der Waals surface area contributed by atoms with E-state index in [1.54, 1.807) is 26.0 Å². The smallest absolute Gasteiger partial charge is 0.341 e. The van der Waals surface area contributed by atoms with E-state index in [1.807, 2.05) is 20.8 Å². The Morgan fingerprint density at radius 3 is 2.54 bits per heavy atom. The fraction of sp³-hybridized carbons (Fsp3) is 0.368. The molecule has 0 bridgehead atoms. The molecular weight excluding hydrogens is 308 g/mol. The first-order valence-corrected chi connectivity index (χ1v) is 7.81. The van der Waals surface area contributed by atoms with Crippen LogP contribution in [0, 0.1) is 6.92 Å². The summed E-state index contributed by atoms with van der Waals surface area (Å²) in [6.45, 7) is 9.31. The summed E-state index contributed by atoms with van der Waals surface area (Å²) in [5.41, 5.74) is 0.163. The van der Waals surface area contributed by atoms with E-state index < -0.39 is 5.97 Å². The molecule has 0 saturated carbocycles. The van der Waals surface area contributed by atoms with E-state index in [0.717, 1.165) is 0 Å². The number of hydrogen-bond donors (Lipinski definition) is 1. The molecule has 0 fully saturated rings. The van der Waals surface area contributed by atoms with E-state index in [4.69, 9.17) is 9.15 Å². The Kier molecular flexibility index (Phi) is 4.83. The van der Waals surface area contributed by atoms with Crippen LogP contribution < -0.4 is 5.43 Å². The quantitative estimate of drug-likeness (QED) is 0.866. The molecule has 1 N–H and O–H groups in total. The Hall–Kier alpha value is -2.56. The van der Waals surface area contributed by atoms with Crippen molar-refractivity contribution in [2.45, 2.75) is 40.0 Å². The van der Waals surface area contributed by atoms with E-state index in [1.165, 1.54) is 12.1 Å². The lowest BCUT2D eigenvalue weighted by Crippen LogP contribution is -2.17. The minimum atomic E-state index is -0.621. The average molecular weight is 330 g/mol. The number of phenols is 1. The number of para-hydroxylation sites is 1. The number of esters is 1. The molecule has 2 rings (SSSR count). The molecule has 0 saturated heterocycles. The molecule has 0 atom stereocenters. The minimum Gasteiger partial charge on any atom is -0.506 e. The Labute approximate surface area is 140 Å². The zero-order valence-electron chi connectivity index (χ0n) is 14.6. The van der Waals surface area contributed by atoms with E-state index in [0.29, 0.717) is 16.9 Å². The van der Waals surface area contributed by atoms with Gasteiger partial charge in [0.15, 0.2) is 5.43 Å². The topological polar surface area (TPSA) is 76.7 Å². The zero-order valence-corrected chi connectivity index (χ0v) is 14.6. The lowest BCUT2D eigenvalue weighted by molar-refractivity contribution is 0.0523. The third kappa shape index (κ3) is 3.35. The third-order valence-electron chi connectivity index (χ3n) is 3.70. The number of ether oxygens (including phenoxy) is 1. The molecule has 0 unspecified atom stereocenters. The molecular formula is C19H22O5. The summed E-state index contributed by atoms with van der Waals surface area (Å²) in [4.78, 5) is 24.2. The lowest BCUT2D eigenvalue weighted by Gasteiger charge is -2.19. The minimum absolute atomic E-state index is 0.0394. The van der Waals surface area contributed by atoms with Crippen molar-refractivity contribution in [3.05, 3.63) is 51.4 Å². The SMILES string of the molecule is CCOC(=O)c1cccc(-c2oc(C(C)(C)C)cc(=O)c2C)c1O. The van der Waals surface area contributed by atoms with Crippen molar-refractivity contribution in [3.8, 4) is 17.1 Å². The summed E-state index contributed by atoms with van der Waals surface area (Å²) in [5.74, 6) is -0.109. The number of phenolic OH excluding ortho intramolecular Hbond substituents is 1. The third-order valence-corrected chi connectivity index (χ3v) is 3.70. The largest absolute Gasteiger partial charge is 0.506 e. The summed E-state index contributed by atoms with van der Waals surface area (Å²) in [7, 11) is 0. The van der Waals surface area contributed by atoms with E-state index in [9.17, 15) is 14.7 Å². The Morgan fingerprint density at radius 1 is 1.29 bits per heavy atom. The number of hydrogen-bond acceptors (Lipinski definition) is 5. The van der Waals surface area contributed by atoms with Gasteiger partial charge in [-0.1, -0.05) is 26.8 Å². The number of aromatic hydroxyl groups is 1.